The van der Waals surface area contributed by atoms with E-state index in [0.717, 1.165) is 19.3 Å². The molecule has 1 rings (SSSR count). The summed E-state index contributed by atoms with van der Waals surface area (Å²) in [5, 5.41) is 38.4. The molecule has 0 aromatic rings. The maximum Gasteiger partial charge on any atom is 0.187 e. The lowest BCUT2D eigenvalue weighted by atomic mass is 9.99. The molecule has 1 fully saturated rings. The zero-order chi connectivity index (χ0) is 21.5. The van der Waals surface area contributed by atoms with Crippen LogP contribution >= 0.6 is 0 Å². The summed E-state index contributed by atoms with van der Waals surface area (Å²) in [6.45, 7) is 1.50. The van der Waals surface area contributed by atoms with Crippen LogP contribution in [0.25, 0.3) is 0 Å². The number of aliphatic hydroxyl groups excluding tert-OH is 4. The SMILES string of the molecule is CCCCCCCCCCCCCCC(=O)CO[C@@H]1O[C@H](CO)[C@@H](O)[C@H](O)[C@H]1O. The van der Waals surface area contributed by atoms with Crippen LogP contribution in [-0.2, 0) is 14.3 Å². The highest BCUT2D eigenvalue weighted by molar-refractivity contribution is 5.79. The van der Waals surface area contributed by atoms with Crippen molar-refractivity contribution in [3.8, 4) is 0 Å². The molecular formula is C22H42O7. The zero-order valence-corrected chi connectivity index (χ0v) is 18.0. The first kappa shape index (κ1) is 26.5. The van der Waals surface area contributed by atoms with Gasteiger partial charge in [-0.3, -0.25) is 4.79 Å². The van der Waals surface area contributed by atoms with Crippen LogP contribution in [-0.4, -0.2) is 70.1 Å². The number of ketones is 1. The first-order valence-corrected chi connectivity index (χ1v) is 11.4. The van der Waals surface area contributed by atoms with Crippen molar-refractivity contribution >= 4 is 5.78 Å². The number of hydrogen-bond donors (Lipinski definition) is 4. The molecule has 172 valence electrons. The first-order chi connectivity index (χ1) is 14.0. The van der Waals surface area contributed by atoms with Crippen LogP contribution in [0.2, 0.25) is 0 Å². The van der Waals surface area contributed by atoms with Gasteiger partial charge in [0.15, 0.2) is 12.1 Å². The molecule has 0 bridgehead atoms. The molecule has 0 saturated carbocycles. The van der Waals surface area contributed by atoms with Gasteiger partial charge in [0.05, 0.1) is 6.61 Å². The third-order valence-corrected chi connectivity index (χ3v) is 5.57. The summed E-state index contributed by atoms with van der Waals surface area (Å²) in [4.78, 5) is 11.9. The van der Waals surface area contributed by atoms with Gasteiger partial charge >= 0.3 is 0 Å². The minimum atomic E-state index is -1.49. The van der Waals surface area contributed by atoms with Gasteiger partial charge in [-0.25, -0.2) is 0 Å². The molecule has 0 aliphatic carbocycles. The van der Waals surface area contributed by atoms with E-state index in [9.17, 15) is 20.1 Å². The van der Waals surface area contributed by atoms with Crippen molar-refractivity contribution in [3.05, 3.63) is 0 Å². The highest BCUT2D eigenvalue weighted by Gasteiger charge is 2.44. The lowest BCUT2D eigenvalue weighted by molar-refractivity contribution is -0.299. The van der Waals surface area contributed by atoms with Gasteiger partial charge in [0, 0.05) is 6.42 Å². The molecule has 0 unspecified atom stereocenters. The summed E-state index contributed by atoms with van der Waals surface area (Å²) < 4.78 is 10.5. The van der Waals surface area contributed by atoms with Gasteiger partial charge in [-0.2, -0.15) is 0 Å². The van der Waals surface area contributed by atoms with Crippen molar-refractivity contribution in [3.63, 3.8) is 0 Å². The smallest absolute Gasteiger partial charge is 0.187 e. The van der Waals surface area contributed by atoms with Crippen LogP contribution in [0.3, 0.4) is 0 Å². The predicted molar refractivity (Wildman–Crippen MR) is 110 cm³/mol. The van der Waals surface area contributed by atoms with E-state index in [1.807, 2.05) is 0 Å². The molecule has 0 aromatic carbocycles. The second-order valence-electron chi connectivity index (χ2n) is 8.19. The van der Waals surface area contributed by atoms with Crippen molar-refractivity contribution in [1.82, 2.24) is 0 Å². The molecule has 29 heavy (non-hydrogen) atoms. The van der Waals surface area contributed by atoms with Gasteiger partial charge in [0.2, 0.25) is 0 Å². The highest BCUT2D eigenvalue weighted by Crippen LogP contribution is 2.22. The van der Waals surface area contributed by atoms with Crippen LogP contribution in [0.5, 0.6) is 0 Å². The summed E-state index contributed by atoms with van der Waals surface area (Å²) in [5.41, 5.74) is 0. The molecule has 0 spiro atoms. The Bertz CT molecular complexity index is 416. The topological polar surface area (TPSA) is 116 Å². The number of carbonyl (C=O) groups excluding carboxylic acids is 1. The fourth-order valence-electron chi connectivity index (χ4n) is 3.62. The Morgan fingerprint density at radius 3 is 1.83 bits per heavy atom. The molecule has 1 heterocycles. The Labute approximate surface area is 175 Å². The average Bonchev–Trinajstić information content (AvgIpc) is 2.72. The summed E-state index contributed by atoms with van der Waals surface area (Å²) in [6.07, 6.45) is 8.57. The molecule has 0 aromatic heterocycles. The number of unbranched alkanes of at least 4 members (excludes halogenated alkanes) is 11. The van der Waals surface area contributed by atoms with Gasteiger partial charge in [0.1, 0.15) is 31.0 Å². The minimum Gasteiger partial charge on any atom is -0.394 e. The van der Waals surface area contributed by atoms with E-state index >= 15 is 0 Å². The number of hydrogen-bond acceptors (Lipinski definition) is 7. The molecular weight excluding hydrogens is 376 g/mol. The van der Waals surface area contributed by atoms with Crippen molar-refractivity contribution in [1.29, 1.82) is 0 Å². The van der Waals surface area contributed by atoms with Crippen LogP contribution in [0, 0.1) is 0 Å². The zero-order valence-electron chi connectivity index (χ0n) is 18.0. The quantitative estimate of drug-likeness (QED) is 0.268. The fourth-order valence-corrected chi connectivity index (χ4v) is 3.62. The van der Waals surface area contributed by atoms with Crippen LogP contribution in [0.4, 0.5) is 0 Å². The molecule has 5 atom stereocenters. The summed E-state index contributed by atoms with van der Waals surface area (Å²) in [6, 6.07) is 0. The van der Waals surface area contributed by atoms with E-state index in [1.54, 1.807) is 0 Å². The normalized spacial score (nSPS) is 27.3. The minimum absolute atomic E-state index is 0.0889. The van der Waals surface area contributed by atoms with Crippen LogP contribution in [0.1, 0.15) is 90.4 Å². The molecule has 1 aliphatic heterocycles. The fraction of sp³-hybridized carbons (Fsp3) is 0.955. The number of ether oxygens (including phenoxy) is 2. The van der Waals surface area contributed by atoms with Crippen molar-refractivity contribution in [2.45, 2.75) is 121 Å². The van der Waals surface area contributed by atoms with E-state index in [-0.39, 0.29) is 12.4 Å². The summed E-state index contributed by atoms with van der Waals surface area (Å²) >= 11 is 0. The monoisotopic (exact) mass is 418 g/mol. The maximum atomic E-state index is 11.9. The lowest BCUT2D eigenvalue weighted by Gasteiger charge is -2.39. The molecule has 4 N–H and O–H groups in total. The van der Waals surface area contributed by atoms with Crippen molar-refractivity contribution in [2.24, 2.45) is 0 Å². The molecule has 7 nitrogen and oxygen atoms in total. The number of rotatable bonds is 17. The average molecular weight is 419 g/mol. The second kappa shape index (κ2) is 16.2. The van der Waals surface area contributed by atoms with Crippen LogP contribution < -0.4 is 0 Å². The van der Waals surface area contributed by atoms with E-state index < -0.39 is 37.3 Å². The van der Waals surface area contributed by atoms with Crippen molar-refractivity contribution < 1.29 is 34.7 Å². The number of Topliss-reactive ketones (excluding diaryl/α,β-unsaturated/α-hetero) is 1. The van der Waals surface area contributed by atoms with E-state index in [4.69, 9.17) is 14.6 Å². The van der Waals surface area contributed by atoms with Gasteiger partial charge in [-0.15, -0.1) is 0 Å². The first-order valence-electron chi connectivity index (χ1n) is 11.4. The molecule has 1 aliphatic rings. The summed E-state index contributed by atoms with van der Waals surface area (Å²) in [7, 11) is 0. The Hall–Kier alpha value is -0.570. The Balaban J connectivity index is 2.00. The van der Waals surface area contributed by atoms with Crippen LogP contribution in [0.15, 0.2) is 0 Å². The van der Waals surface area contributed by atoms with Gasteiger partial charge in [-0.1, -0.05) is 77.6 Å². The predicted octanol–water partition coefficient (Wildman–Crippen LogP) is 2.46. The van der Waals surface area contributed by atoms with Crippen molar-refractivity contribution in [2.75, 3.05) is 13.2 Å². The Morgan fingerprint density at radius 2 is 1.31 bits per heavy atom. The van der Waals surface area contributed by atoms with E-state index in [1.165, 1.54) is 57.8 Å². The Kier molecular flexibility index (Phi) is 14.8. The molecule has 1 saturated heterocycles. The summed E-state index contributed by atoms with van der Waals surface area (Å²) in [5.74, 6) is -0.0889. The Morgan fingerprint density at radius 1 is 0.793 bits per heavy atom. The van der Waals surface area contributed by atoms with Gasteiger partial charge in [0.25, 0.3) is 0 Å². The standard InChI is InChI=1S/C22H42O7/c1-2-3-4-5-6-7-8-9-10-11-12-13-14-17(24)16-28-22-21(27)20(26)19(25)18(15-23)29-22/h18-23,25-27H,2-16H2,1H3/t18-,19-,20+,21-,22-/m1/s1. The largest absolute Gasteiger partial charge is 0.394 e. The third-order valence-electron chi connectivity index (χ3n) is 5.57. The molecule has 0 amide bonds. The molecule has 0 radical (unpaired) electrons. The van der Waals surface area contributed by atoms with Gasteiger partial charge in [-0.05, 0) is 6.42 Å². The van der Waals surface area contributed by atoms with Gasteiger partial charge < -0.3 is 29.9 Å². The van der Waals surface area contributed by atoms with E-state index in [2.05, 4.69) is 6.92 Å². The number of carbonyl (C=O) groups is 1. The number of aliphatic hydroxyl groups is 4. The second-order valence-corrected chi connectivity index (χ2v) is 8.19. The van der Waals surface area contributed by atoms with E-state index in [0.29, 0.717) is 6.42 Å². The highest BCUT2D eigenvalue weighted by atomic mass is 16.7. The molecule has 7 heteroatoms. The maximum absolute atomic E-state index is 11.9. The third kappa shape index (κ3) is 10.9. The lowest BCUT2D eigenvalue weighted by Crippen LogP contribution is -2.59.